The van der Waals surface area contributed by atoms with Gasteiger partial charge in [0.1, 0.15) is 27.5 Å². The summed E-state index contributed by atoms with van der Waals surface area (Å²) in [5.41, 5.74) is 1.08. The molecule has 0 bridgehead atoms. The van der Waals surface area contributed by atoms with Crippen molar-refractivity contribution in [2.24, 2.45) is 0 Å². The van der Waals surface area contributed by atoms with E-state index in [2.05, 4.69) is 0 Å². The SMILES string of the molecule is COc1ccc(C2CC(=O)c3c(OC)c(Cl)c(OC)c(Cl)c3O2)cc1. The highest BCUT2D eigenvalue weighted by molar-refractivity contribution is 6.40. The van der Waals surface area contributed by atoms with Gasteiger partial charge in [-0.25, -0.2) is 0 Å². The first-order valence-corrected chi connectivity index (χ1v) is 8.24. The van der Waals surface area contributed by atoms with Crippen molar-refractivity contribution in [2.45, 2.75) is 12.5 Å². The molecule has 1 atom stereocenters. The van der Waals surface area contributed by atoms with Crippen LogP contribution in [0, 0.1) is 0 Å². The van der Waals surface area contributed by atoms with Crippen molar-refractivity contribution >= 4 is 29.0 Å². The Morgan fingerprint density at radius 2 is 1.60 bits per heavy atom. The lowest BCUT2D eigenvalue weighted by molar-refractivity contribution is 0.0844. The zero-order chi connectivity index (χ0) is 18.1. The smallest absolute Gasteiger partial charge is 0.174 e. The summed E-state index contributed by atoms with van der Waals surface area (Å²) in [5.74, 6) is 1.19. The second-order valence-corrected chi connectivity index (χ2v) is 6.16. The van der Waals surface area contributed by atoms with Crippen molar-refractivity contribution in [2.75, 3.05) is 21.3 Å². The van der Waals surface area contributed by atoms with Crippen LogP contribution in [0.25, 0.3) is 0 Å². The van der Waals surface area contributed by atoms with Crippen LogP contribution < -0.4 is 18.9 Å². The fraction of sp³-hybridized carbons (Fsp3) is 0.278. The normalized spacial score (nSPS) is 16.0. The lowest BCUT2D eigenvalue weighted by Gasteiger charge is -2.28. The van der Waals surface area contributed by atoms with Crippen molar-refractivity contribution in [3.63, 3.8) is 0 Å². The first-order valence-electron chi connectivity index (χ1n) is 7.48. The van der Waals surface area contributed by atoms with E-state index in [0.29, 0.717) is 0 Å². The minimum Gasteiger partial charge on any atom is -0.497 e. The molecule has 0 saturated carbocycles. The molecule has 132 valence electrons. The lowest BCUT2D eigenvalue weighted by Crippen LogP contribution is -2.22. The molecule has 0 saturated heterocycles. The molecule has 3 rings (SSSR count). The Morgan fingerprint density at radius 1 is 0.960 bits per heavy atom. The lowest BCUT2D eigenvalue weighted by atomic mass is 9.95. The maximum Gasteiger partial charge on any atom is 0.174 e. The highest BCUT2D eigenvalue weighted by Gasteiger charge is 2.36. The number of fused-ring (bicyclic) bond motifs is 1. The Labute approximate surface area is 155 Å². The molecule has 0 fully saturated rings. The number of carbonyl (C=O) groups excluding carboxylic acids is 1. The molecular weight excluding hydrogens is 367 g/mol. The van der Waals surface area contributed by atoms with Gasteiger partial charge in [-0.2, -0.15) is 0 Å². The predicted octanol–water partition coefficient (Wildman–Crippen LogP) is 4.73. The van der Waals surface area contributed by atoms with Gasteiger partial charge >= 0.3 is 0 Å². The molecule has 2 aromatic rings. The summed E-state index contributed by atoms with van der Waals surface area (Å²) in [4.78, 5) is 12.7. The van der Waals surface area contributed by atoms with Crippen LogP contribution in [-0.2, 0) is 0 Å². The van der Waals surface area contributed by atoms with E-state index >= 15 is 0 Å². The zero-order valence-corrected chi connectivity index (χ0v) is 15.4. The summed E-state index contributed by atoms with van der Waals surface area (Å²) in [6.45, 7) is 0. The fourth-order valence-corrected chi connectivity index (χ4v) is 3.52. The van der Waals surface area contributed by atoms with Gasteiger partial charge in [-0.3, -0.25) is 4.79 Å². The van der Waals surface area contributed by atoms with Gasteiger partial charge in [0, 0.05) is 0 Å². The summed E-state index contributed by atoms with van der Waals surface area (Å²) in [6.07, 6.45) is -0.326. The number of rotatable bonds is 4. The van der Waals surface area contributed by atoms with Crippen molar-refractivity contribution < 1.29 is 23.7 Å². The Kier molecular flexibility index (Phi) is 4.97. The summed E-state index contributed by atoms with van der Waals surface area (Å²) in [6, 6.07) is 7.31. The van der Waals surface area contributed by atoms with E-state index in [1.807, 2.05) is 24.3 Å². The van der Waals surface area contributed by atoms with E-state index in [9.17, 15) is 4.79 Å². The Balaban J connectivity index is 2.08. The van der Waals surface area contributed by atoms with Crippen molar-refractivity contribution in [3.8, 4) is 23.0 Å². The van der Waals surface area contributed by atoms with E-state index in [1.54, 1.807) is 7.11 Å². The number of ketones is 1. The highest BCUT2D eigenvalue weighted by atomic mass is 35.5. The van der Waals surface area contributed by atoms with Gasteiger partial charge in [0.15, 0.2) is 23.0 Å². The van der Waals surface area contributed by atoms with Crippen molar-refractivity contribution in [3.05, 3.63) is 45.4 Å². The maximum atomic E-state index is 12.7. The molecule has 0 amide bonds. The third-order valence-corrected chi connectivity index (χ3v) is 4.74. The molecule has 1 aliphatic rings. The van der Waals surface area contributed by atoms with E-state index in [4.69, 9.17) is 42.1 Å². The third kappa shape index (κ3) is 2.98. The topological polar surface area (TPSA) is 54.0 Å². The number of Topliss-reactive ketones (excluding diaryl/α,β-unsaturated/α-hetero) is 1. The summed E-state index contributed by atoms with van der Waals surface area (Å²) in [7, 11) is 4.45. The molecule has 0 spiro atoms. The molecule has 5 nitrogen and oxygen atoms in total. The van der Waals surface area contributed by atoms with E-state index in [0.717, 1.165) is 11.3 Å². The number of ether oxygens (including phenoxy) is 4. The second kappa shape index (κ2) is 7.02. The minimum absolute atomic E-state index is 0.147. The Morgan fingerprint density at radius 3 is 2.16 bits per heavy atom. The first kappa shape index (κ1) is 17.7. The number of hydrogen-bond acceptors (Lipinski definition) is 5. The fourth-order valence-electron chi connectivity index (χ4n) is 2.82. The Bertz CT molecular complexity index is 817. The van der Waals surface area contributed by atoms with Gasteiger partial charge < -0.3 is 18.9 Å². The number of halogens is 2. The molecule has 7 heteroatoms. The number of carbonyl (C=O) groups is 1. The first-order chi connectivity index (χ1) is 12.0. The van der Waals surface area contributed by atoms with Gasteiger partial charge in [-0.15, -0.1) is 0 Å². The number of methoxy groups -OCH3 is 3. The molecule has 25 heavy (non-hydrogen) atoms. The van der Waals surface area contributed by atoms with Crippen LogP contribution in [0.4, 0.5) is 0 Å². The average molecular weight is 383 g/mol. The van der Waals surface area contributed by atoms with Crippen molar-refractivity contribution in [1.82, 2.24) is 0 Å². The average Bonchev–Trinajstić information content (AvgIpc) is 2.63. The summed E-state index contributed by atoms with van der Waals surface area (Å²) < 4.78 is 21.7. The van der Waals surface area contributed by atoms with Crippen LogP contribution >= 0.6 is 23.2 Å². The maximum absolute atomic E-state index is 12.7. The van der Waals surface area contributed by atoms with Crippen LogP contribution in [0.2, 0.25) is 10.0 Å². The predicted molar refractivity (Wildman–Crippen MR) is 94.9 cm³/mol. The summed E-state index contributed by atoms with van der Waals surface area (Å²) in [5, 5.41) is 0.295. The van der Waals surface area contributed by atoms with Gasteiger partial charge in [-0.05, 0) is 17.7 Å². The van der Waals surface area contributed by atoms with Crippen LogP contribution in [-0.4, -0.2) is 27.1 Å². The zero-order valence-electron chi connectivity index (χ0n) is 13.9. The van der Waals surface area contributed by atoms with Gasteiger partial charge in [-0.1, -0.05) is 35.3 Å². The molecule has 0 radical (unpaired) electrons. The second-order valence-electron chi connectivity index (χ2n) is 5.41. The molecule has 1 aliphatic heterocycles. The van der Waals surface area contributed by atoms with Gasteiger partial charge in [0.25, 0.3) is 0 Å². The molecule has 2 aromatic carbocycles. The number of benzene rings is 2. The minimum atomic E-state index is -0.473. The molecular formula is C18H16Cl2O5. The largest absolute Gasteiger partial charge is 0.497 e. The highest BCUT2D eigenvalue weighted by Crippen LogP contribution is 2.52. The van der Waals surface area contributed by atoms with E-state index in [1.165, 1.54) is 14.2 Å². The number of hydrogen-bond donors (Lipinski definition) is 0. The van der Waals surface area contributed by atoms with Gasteiger partial charge in [0.05, 0.1) is 27.8 Å². The third-order valence-electron chi connectivity index (χ3n) is 4.06. The molecule has 1 heterocycles. The van der Waals surface area contributed by atoms with Crippen LogP contribution in [0.15, 0.2) is 24.3 Å². The Hall–Kier alpha value is -2.11. The standard InChI is InChI=1S/C18H16Cl2O5/c1-22-10-6-4-9(5-7-10)12-8-11(21)13-16(23-2)14(19)18(24-3)15(20)17(13)25-12/h4-7,12H,8H2,1-3H3. The molecule has 0 aliphatic carbocycles. The molecule has 0 N–H and O–H groups in total. The monoisotopic (exact) mass is 382 g/mol. The quantitative estimate of drug-likeness (QED) is 0.765. The van der Waals surface area contributed by atoms with Crippen LogP contribution in [0.5, 0.6) is 23.0 Å². The van der Waals surface area contributed by atoms with Crippen molar-refractivity contribution in [1.29, 1.82) is 0 Å². The molecule has 1 unspecified atom stereocenters. The van der Waals surface area contributed by atoms with Crippen LogP contribution in [0.3, 0.4) is 0 Å². The molecule has 0 aromatic heterocycles. The van der Waals surface area contributed by atoms with Gasteiger partial charge in [0.2, 0.25) is 0 Å². The summed E-state index contributed by atoms with van der Waals surface area (Å²) >= 11 is 12.6. The van der Waals surface area contributed by atoms with E-state index < -0.39 is 6.10 Å². The van der Waals surface area contributed by atoms with Crippen LogP contribution in [0.1, 0.15) is 28.4 Å². The van der Waals surface area contributed by atoms with E-state index in [-0.39, 0.29) is 45.1 Å².